The van der Waals surface area contributed by atoms with Gasteiger partial charge in [-0.15, -0.1) is 11.3 Å². The number of rotatable bonds is 6. The maximum Gasteiger partial charge on any atom is 0.346 e. The van der Waals surface area contributed by atoms with Crippen LogP contribution in [0.25, 0.3) is 0 Å². The third-order valence-electron chi connectivity index (χ3n) is 2.66. The summed E-state index contributed by atoms with van der Waals surface area (Å²) < 4.78 is 26.7. The van der Waals surface area contributed by atoms with Gasteiger partial charge in [0.25, 0.3) is 0 Å². The highest BCUT2D eigenvalue weighted by Crippen LogP contribution is 2.26. The lowest BCUT2D eigenvalue weighted by atomic mass is 10.2. The van der Waals surface area contributed by atoms with Crippen LogP contribution in [-0.2, 0) is 10.0 Å². The first-order chi connectivity index (χ1) is 8.31. The van der Waals surface area contributed by atoms with Crippen molar-refractivity contribution in [1.29, 1.82) is 0 Å². The number of carboxylic acids is 1. The average Bonchev–Trinajstić information content (AvgIpc) is 2.69. The Morgan fingerprint density at radius 3 is 2.39 bits per heavy atom. The summed E-state index contributed by atoms with van der Waals surface area (Å²) in [6.07, 6.45) is 1.40. The Bertz CT molecular complexity index is 529. The van der Waals surface area contributed by atoms with Crippen LogP contribution in [0.4, 0.5) is 0 Å². The molecule has 102 valence electrons. The molecule has 0 aliphatic rings. The van der Waals surface area contributed by atoms with Crippen molar-refractivity contribution in [2.45, 2.75) is 43.9 Å². The maximum atomic E-state index is 12.1. The van der Waals surface area contributed by atoms with Gasteiger partial charge in [-0.3, -0.25) is 0 Å². The van der Waals surface area contributed by atoms with Crippen LogP contribution < -0.4 is 4.72 Å². The van der Waals surface area contributed by atoms with Gasteiger partial charge >= 0.3 is 5.97 Å². The molecule has 0 atom stereocenters. The summed E-state index contributed by atoms with van der Waals surface area (Å²) in [4.78, 5) is 11.0. The van der Waals surface area contributed by atoms with Gasteiger partial charge in [0, 0.05) is 6.04 Å². The monoisotopic (exact) mass is 291 g/mol. The fraction of sp³-hybridized carbons (Fsp3) is 0.545. The molecule has 0 radical (unpaired) electrons. The van der Waals surface area contributed by atoms with Gasteiger partial charge in [0.2, 0.25) is 10.0 Å². The van der Waals surface area contributed by atoms with Gasteiger partial charge in [-0.1, -0.05) is 13.8 Å². The van der Waals surface area contributed by atoms with E-state index in [9.17, 15) is 13.2 Å². The fourth-order valence-electron chi connectivity index (χ4n) is 1.53. The van der Waals surface area contributed by atoms with Gasteiger partial charge in [0.15, 0.2) is 0 Å². The molecule has 0 aliphatic carbocycles. The number of sulfonamides is 1. The molecule has 0 fully saturated rings. The van der Waals surface area contributed by atoms with Crippen molar-refractivity contribution in [3.63, 3.8) is 0 Å². The molecule has 1 aromatic heterocycles. The highest BCUT2D eigenvalue weighted by atomic mass is 32.2. The largest absolute Gasteiger partial charge is 0.477 e. The first-order valence-corrected chi connectivity index (χ1v) is 7.97. The van der Waals surface area contributed by atoms with Crippen LogP contribution in [0.2, 0.25) is 0 Å². The minimum absolute atomic E-state index is 0.0595. The zero-order valence-electron chi connectivity index (χ0n) is 10.6. The molecule has 1 rings (SSSR count). The normalized spacial score (nSPS) is 12.0. The van der Waals surface area contributed by atoms with E-state index in [2.05, 4.69) is 4.72 Å². The maximum absolute atomic E-state index is 12.1. The smallest absolute Gasteiger partial charge is 0.346 e. The molecule has 0 amide bonds. The Labute approximate surface area is 111 Å². The Balaban J connectivity index is 3.06. The minimum Gasteiger partial charge on any atom is -0.477 e. The number of carboxylic acid groups (broad SMARTS) is 1. The number of hydrogen-bond acceptors (Lipinski definition) is 4. The molecule has 1 aromatic rings. The summed E-state index contributed by atoms with van der Waals surface area (Å²) in [6.45, 7) is 5.40. The summed E-state index contributed by atoms with van der Waals surface area (Å²) in [5.41, 5.74) is 0.470. The van der Waals surface area contributed by atoms with Crippen LogP contribution in [0.15, 0.2) is 10.3 Å². The van der Waals surface area contributed by atoms with Crippen molar-refractivity contribution in [2.24, 2.45) is 0 Å². The van der Waals surface area contributed by atoms with Crippen LogP contribution in [0, 0.1) is 6.92 Å². The predicted octanol–water partition coefficient (Wildman–Crippen LogP) is 2.22. The van der Waals surface area contributed by atoms with Gasteiger partial charge in [0.05, 0.1) is 0 Å². The van der Waals surface area contributed by atoms with E-state index in [4.69, 9.17) is 5.11 Å². The Kier molecular flexibility index (Phi) is 4.89. The summed E-state index contributed by atoms with van der Waals surface area (Å²) in [6, 6.07) is 1.28. The highest BCUT2D eigenvalue weighted by molar-refractivity contribution is 7.91. The van der Waals surface area contributed by atoms with Crippen molar-refractivity contribution in [2.75, 3.05) is 0 Å². The second-order valence-electron chi connectivity index (χ2n) is 4.02. The SMILES string of the molecule is CCC(CC)NS(=O)(=O)c1cc(C)c(C(=O)O)s1. The molecule has 0 aliphatic heterocycles. The first-order valence-electron chi connectivity index (χ1n) is 5.67. The Hall–Kier alpha value is -0.920. The lowest BCUT2D eigenvalue weighted by Crippen LogP contribution is -2.33. The molecule has 0 spiro atoms. The van der Waals surface area contributed by atoms with Gasteiger partial charge in [0.1, 0.15) is 9.09 Å². The van der Waals surface area contributed by atoms with Crippen LogP contribution in [0.1, 0.15) is 41.9 Å². The highest BCUT2D eigenvalue weighted by Gasteiger charge is 2.23. The quantitative estimate of drug-likeness (QED) is 0.841. The molecule has 0 saturated heterocycles. The number of aryl methyl sites for hydroxylation is 1. The molecule has 0 unspecified atom stereocenters. The number of aromatic carboxylic acids is 1. The van der Waals surface area contributed by atoms with Gasteiger partial charge in [-0.25, -0.2) is 17.9 Å². The zero-order valence-corrected chi connectivity index (χ0v) is 12.2. The third kappa shape index (κ3) is 3.30. The lowest BCUT2D eigenvalue weighted by Gasteiger charge is -2.13. The number of hydrogen-bond donors (Lipinski definition) is 2. The number of thiophene rings is 1. The van der Waals surface area contributed by atoms with Crippen molar-refractivity contribution >= 4 is 27.3 Å². The van der Waals surface area contributed by atoms with Crippen molar-refractivity contribution in [3.05, 3.63) is 16.5 Å². The average molecular weight is 291 g/mol. The van der Waals surface area contributed by atoms with E-state index in [-0.39, 0.29) is 15.1 Å². The first kappa shape index (κ1) is 15.1. The van der Waals surface area contributed by atoms with E-state index in [0.29, 0.717) is 18.4 Å². The number of carbonyl (C=O) groups is 1. The molecule has 0 aromatic carbocycles. The second-order valence-corrected chi connectivity index (χ2v) is 7.01. The zero-order chi connectivity index (χ0) is 13.9. The molecular formula is C11H17NO4S2. The molecule has 5 nitrogen and oxygen atoms in total. The molecule has 0 bridgehead atoms. The van der Waals surface area contributed by atoms with Gasteiger partial charge in [-0.2, -0.15) is 0 Å². The van der Waals surface area contributed by atoms with E-state index in [1.807, 2.05) is 13.8 Å². The van der Waals surface area contributed by atoms with E-state index in [0.717, 1.165) is 11.3 Å². The van der Waals surface area contributed by atoms with Gasteiger partial charge in [-0.05, 0) is 31.4 Å². The van der Waals surface area contributed by atoms with Gasteiger partial charge < -0.3 is 5.11 Å². The van der Waals surface area contributed by atoms with Crippen LogP contribution >= 0.6 is 11.3 Å². The number of nitrogens with one attached hydrogen (secondary N) is 1. The van der Waals surface area contributed by atoms with Crippen LogP contribution in [-0.4, -0.2) is 25.5 Å². The lowest BCUT2D eigenvalue weighted by molar-refractivity contribution is 0.0701. The molecule has 0 saturated carbocycles. The van der Waals surface area contributed by atoms with Crippen molar-refractivity contribution in [3.8, 4) is 0 Å². The molecular weight excluding hydrogens is 274 g/mol. The topological polar surface area (TPSA) is 83.5 Å². The van der Waals surface area contributed by atoms with E-state index >= 15 is 0 Å². The minimum atomic E-state index is -3.61. The molecule has 18 heavy (non-hydrogen) atoms. The summed E-state index contributed by atoms with van der Waals surface area (Å²) in [7, 11) is -3.61. The van der Waals surface area contributed by atoms with E-state index in [1.54, 1.807) is 6.92 Å². The van der Waals surface area contributed by atoms with Crippen LogP contribution in [0.5, 0.6) is 0 Å². The molecule has 2 N–H and O–H groups in total. The summed E-state index contributed by atoms with van der Waals surface area (Å²) >= 11 is 0.788. The van der Waals surface area contributed by atoms with Crippen molar-refractivity contribution < 1.29 is 18.3 Å². The van der Waals surface area contributed by atoms with E-state index in [1.165, 1.54) is 6.07 Å². The molecule has 1 heterocycles. The standard InChI is InChI=1S/C11H17NO4S2/c1-4-8(5-2)12-18(15,16)9-6-7(3)10(17-9)11(13)14/h6,8,12H,4-5H2,1-3H3,(H,13,14). The van der Waals surface area contributed by atoms with Crippen LogP contribution in [0.3, 0.4) is 0 Å². The Morgan fingerprint density at radius 2 is 2.00 bits per heavy atom. The summed E-state index contributed by atoms with van der Waals surface area (Å²) in [5.74, 6) is -1.10. The molecule has 7 heteroatoms. The van der Waals surface area contributed by atoms with E-state index < -0.39 is 16.0 Å². The fourth-order valence-corrected chi connectivity index (χ4v) is 4.33. The third-order valence-corrected chi connectivity index (χ3v) is 5.88. The second kappa shape index (κ2) is 5.81. The summed E-state index contributed by atoms with van der Waals surface area (Å²) in [5, 5.41) is 8.91. The predicted molar refractivity (Wildman–Crippen MR) is 70.7 cm³/mol. The Morgan fingerprint density at radius 1 is 1.44 bits per heavy atom. The van der Waals surface area contributed by atoms with Crippen molar-refractivity contribution in [1.82, 2.24) is 4.72 Å².